The lowest BCUT2D eigenvalue weighted by Gasteiger charge is -2.15. The second-order valence-electron chi connectivity index (χ2n) is 5.53. The van der Waals surface area contributed by atoms with Crippen LogP contribution in [0, 0.1) is 11.6 Å². The van der Waals surface area contributed by atoms with E-state index >= 15 is 0 Å². The second-order valence-corrected chi connectivity index (χ2v) is 6.35. The Hall–Kier alpha value is -1.06. The van der Waals surface area contributed by atoms with E-state index in [9.17, 15) is 0 Å². The van der Waals surface area contributed by atoms with Crippen LogP contribution in [0.4, 0.5) is 0 Å². The topological polar surface area (TPSA) is 20.7 Å². The Morgan fingerprint density at radius 3 is 2.39 bits per heavy atom. The molecule has 0 saturated carbocycles. The minimum atomic E-state index is 0.0489. The van der Waals surface area contributed by atoms with E-state index in [2.05, 4.69) is 25.9 Å². The molecule has 2 aromatic rings. The number of nitrogens with zero attached hydrogens (tertiary/aromatic N) is 1. The van der Waals surface area contributed by atoms with Gasteiger partial charge in [0.15, 0.2) is 0 Å². The molecule has 0 saturated heterocycles. The Morgan fingerprint density at radius 2 is 1.89 bits per heavy atom. The molecule has 0 bridgehead atoms. The fraction of sp³-hybridized carbons (Fsp3) is 0.357. The summed E-state index contributed by atoms with van der Waals surface area (Å²) in [4.78, 5) is 0. The van der Waals surface area contributed by atoms with Crippen molar-refractivity contribution in [3.63, 3.8) is 0 Å². The predicted molar refractivity (Wildman–Crippen MR) is 79.4 cm³/mol. The lowest BCUT2D eigenvalue weighted by molar-refractivity contribution is 0.560. The lowest BCUT2D eigenvalue weighted by Crippen LogP contribution is -2.12. The minimum absolute atomic E-state index is 0.0489. The highest BCUT2D eigenvalue weighted by atomic mass is 35.5. The Balaban J connectivity index is 2.55. The molecule has 1 aromatic carbocycles. The molecule has 18 heavy (non-hydrogen) atoms. The van der Waals surface area contributed by atoms with Crippen LogP contribution in [0.3, 0.4) is 0 Å². The van der Waals surface area contributed by atoms with Crippen molar-refractivity contribution in [2.24, 2.45) is 0 Å². The van der Waals surface area contributed by atoms with Gasteiger partial charge in [0.2, 0.25) is 0 Å². The summed E-state index contributed by atoms with van der Waals surface area (Å²) in [6.07, 6.45) is 0. The molecule has 1 N–H and O–H groups in total. The van der Waals surface area contributed by atoms with Crippen LogP contribution in [0.2, 0.25) is 5.02 Å². The molecule has 0 aliphatic heterocycles. The van der Waals surface area contributed by atoms with Crippen molar-refractivity contribution in [2.45, 2.75) is 33.1 Å². The second kappa shape index (κ2) is 4.56. The summed E-state index contributed by atoms with van der Waals surface area (Å²) >= 11 is 11.5. The third-order valence-electron chi connectivity index (χ3n) is 2.94. The van der Waals surface area contributed by atoms with Gasteiger partial charge in [0.1, 0.15) is 4.64 Å². The van der Waals surface area contributed by atoms with Crippen LogP contribution in [0.15, 0.2) is 24.3 Å². The van der Waals surface area contributed by atoms with E-state index in [0.29, 0.717) is 0 Å². The summed E-state index contributed by atoms with van der Waals surface area (Å²) in [6.45, 7) is 8.45. The standard InChI is InChI=1S/C14H17ClN2S/c1-9-5-6-10(7-11(9)15)17-13(18)8-12(16-17)14(2,3)4/h5-8,16H,1-4H3. The minimum Gasteiger partial charge on any atom is -0.296 e. The third-order valence-corrected chi connectivity index (χ3v) is 3.65. The molecule has 96 valence electrons. The average Bonchev–Trinajstić information content (AvgIpc) is 2.64. The monoisotopic (exact) mass is 280 g/mol. The summed E-state index contributed by atoms with van der Waals surface area (Å²) in [7, 11) is 0. The largest absolute Gasteiger partial charge is 0.296 e. The highest BCUT2D eigenvalue weighted by molar-refractivity contribution is 7.71. The number of nitrogens with one attached hydrogen (secondary N) is 1. The Bertz CT molecular complexity index is 632. The fourth-order valence-electron chi connectivity index (χ4n) is 1.69. The van der Waals surface area contributed by atoms with E-state index in [4.69, 9.17) is 23.8 Å². The number of halogens is 1. The van der Waals surface area contributed by atoms with Gasteiger partial charge in [-0.05, 0) is 30.7 Å². The first kappa shape index (κ1) is 13.4. The number of hydrogen-bond acceptors (Lipinski definition) is 1. The van der Waals surface area contributed by atoms with Crippen LogP contribution < -0.4 is 0 Å². The number of hydrogen-bond donors (Lipinski definition) is 1. The highest BCUT2D eigenvalue weighted by Crippen LogP contribution is 2.24. The lowest BCUT2D eigenvalue weighted by atomic mass is 9.93. The molecule has 0 amide bonds. The van der Waals surface area contributed by atoms with Gasteiger partial charge in [-0.1, -0.05) is 50.7 Å². The maximum Gasteiger partial charge on any atom is 0.127 e. The first-order valence-corrected chi connectivity index (χ1v) is 6.67. The van der Waals surface area contributed by atoms with Crippen molar-refractivity contribution in [3.8, 4) is 5.69 Å². The number of aromatic amines is 1. The Morgan fingerprint density at radius 1 is 1.22 bits per heavy atom. The third kappa shape index (κ3) is 2.52. The Kier molecular flexibility index (Phi) is 3.39. The zero-order chi connectivity index (χ0) is 13.5. The van der Waals surface area contributed by atoms with Crippen molar-refractivity contribution in [1.82, 2.24) is 9.78 Å². The molecule has 0 unspecified atom stereocenters. The van der Waals surface area contributed by atoms with Gasteiger partial charge in [-0.15, -0.1) is 0 Å². The smallest absolute Gasteiger partial charge is 0.127 e. The number of rotatable bonds is 1. The molecule has 0 aliphatic carbocycles. The number of aromatic nitrogens is 2. The van der Waals surface area contributed by atoms with Gasteiger partial charge < -0.3 is 0 Å². The summed E-state index contributed by atoms with van der Waals surface area (Å²) < 4.78 is 2.65. The van der Waals surface area contributed by atoms with Crippen molar-refractivity contribution in [1.29, 1.82) is 0 Å². The average molecular weight is 281 g/mol. The molecular formula is C14H17ClN2S. The zero-order valence-corrected chi connectivity index (χ0v) is 12.6. The van der Waals surface area contributed by atoms with E-state index in [-0.39, 0.29) is 5.41 Å². The maximum atomic E-state index is 6.15. The predicted octanol–water partition coefficient (Wildman–Crippen LogP) is 4.79. The van der Waals surface area contributed by atoms with Gasteiger partial charge in [0.05, 0.1) is 5.69 Å². The first-order chi connectivity index (χ1) is 8.29. The summed E-state index contributed by atoms with van der Waals surface area (Å²) in [6, 6.07) is 7.94. The normalized spacial score (nSPS) is 11.8. The van der Waals surface area contributed by atoms with Crippen LogP contribution in [-0.4, -0.2) is 9.78 Å². The van der Waals surface area contributed by atoms with Crippen LogP contribution in [0.25, 0.3) is 5.69 Å². The van der Waals surface area contributed by atoms with Crippen LogP contribution >= 0.6 is 23.8 Å². The molecule has 2 nitrogen and oxygen atoms in total. The molecule has 0 aliphatic rings. The van der Waals surface area contributed by atoms with E-state index in [1.165, 1.54) is 0 Å². The molecule has 2 rings (SSSR count). The van der Waals surface area contributed by atoms with Gasteiger partial charge in [0, 0.05) is 16.1 Å². The molecule has 0 spiro atoms. The number of H-pyrrole nitrogens is 1. The maximum absolute atomic E-state index is 6.15. The van der Waals surface area contributed by atoms with Crippen molar-refractivity contribution >= 4 is 23.8 Å². The van der Waals surface area contributed by atoms with Crippen LogP contribution in [-0.2, 0) is 5.41 Å². The quantitative estimate of drug-likeness (QED) is 0.745. The first-order valence-electron chi connectivity index (χ1n) is 5.88. The van der Waals surface area contributed by atoms with Crippen molar-refractivity contribution in [2.75, 3.05) is 0 Å². The molecule has 4 heteroatoms. The van der Waals surface area contributed by atoms with E-state index in [1.807, 2.05) is 35.9 Å². The summed E-state index contributed by atoms with van der Waals surface area (Å²) in [5.74, 6) is 0. The van der Waals surface area contributed by atoms with Gasteiger partial charge in [-0.3, -0.25) is 5.10 Å². The number of aryl methyl sites for hydroxylation is 1. The molecule has 0 fully saturated rings. The highest BCUT2D eigenvalue weighted by Gasteiger charge is 2.17. The molecule has 0 radical (unpaired) electrons. The Labute approximate surface area is 118 Å². The van der Waals surface area contributed by atoms with Crippen molar-refractivity contribution < 1.29 is 0 Å². The van der Waals surface area contributed by atoms with Crippen molar-refractivity contribution in [3.05, 3.63) is 45.2 Å². The van der Waals surface area contributed by atoms with E-state index in [0.717, 1.165) is 26.6 Å². The SMILES string of the molecule is Cc1ccc(-n2[nH]c(C(C)(C)C)cc2=S)cc1Cl. The van der Waals surface area contributed by atoms with Gasteiger partial charge >= 0.3 is 0 Å². The number of benzene rings is 1. The molecule has 1 aromatic heterocycles. The van der Waals surface area contributed by atoms with Gasteiger partial charge in [-0.2, -0.15) is 0 Å². The molecule has 0 atom stereocenters. The van der Waals surface area contributed by atoms with Gasteiger partial charge in [0.25, 0.3) is 0 Å². The zero-order valence-electron chi connectivity index (χ0n) is 11.0. The fourth-order valence-corrected chi connectivity index (χ4v) is 2.14. The van der Waals surface area contributed by atoms with E-state index in [1.54, 1.807) is 0 Å². The van der Waals surface area contributed by atoms with E-state index < -0.39 is 0 Å². The summed E-state index contributed by atoms with van der Waals surface area (Å²) in [5.41, 5.74) is 3.19. The molecular weight excluding hydrogens is 264 g/mol. The van der Waals surface area contributed by atoms with Crippen LogP contribution in [0.5, 0.6) is 0 Å². The molecule has 1 heterocycles. The summed E-state index contributed by atoms with van der Waals surface area (Å²) in [5, 5.41) is 4.09. The van der Waals surface area contributed by atoms with Crippen LogP contribution in [0.1, 0.15) is 32.0 Å². The van der Waals surface area contributed by atoms with Gasteiger partial charge in [-0.25, -0.2) is 4.68 Å².